The van der Waals surface area contributed by atoms with E-state index in [0.717, 1.165) is 16.8 Å². The zero-order valence-corrected chi connectivity index (χ0v) is 21.6. The van der Waals surface area contributed by atoms with Crippen LogP contribution in [0.1, 0.15) is 50.9 Å². The minimum atomic E-state index is -0.500. The van der Waals surface area contributed by atoms with Crippen LogP contribution in [0.15, 0.2) is 29.1 Å². The first-order valence-corrected chi connectivity index (χ1v) is 12.4. The molecule has 1 aromatic heterocycles. The molecular formula is C26H35ClN4O3. The second kappa shape index (κ2) is 9.25. The lowest BCUT2D eigenvalue weighted by molar-refractivity contribution is -0.105. The summed E-state index contributed by atoms with van der Waals surface area (Å²) in [6, 6.07) is 7.43. The fourth-order valence-electron chi connectivity index (χ4n) is 5.69. The lowest BCUT2D eigenvalue weighted by atomic mass is 9.45. The molecule has 1 aromatic carbocycles. The third-order valence-corrected chi connectivity index (χ3v) is 8.38. The van der Waals surface area contributed by atoms with E-state index in [1.165, 1.54) is 6.42 Å². The summed E-state index contributed by atoms with van der Waals surface area (Å²) in [5.41, 5.74) is 1.79. The Morgan fingerprint density at radius 2 is 1.94 bits per heavy atom. The Bertz CT molecular complexity index is 1130. The number of benzene rings is 1. The molecule has 1 heterocycles. The largest absolute Gasteiger partial charge is 0.475 e. The summed E-state index contributed by atoms with van der Waals surface area (Å²) in [7, 11) is 3.87. The molecule has 0 radical (unpaired) electrons. The summed E-state index contributed by atoms with van der Waals surface area (Å²) in [4.78, 5) is 27.9. The molecule has 0 spiro atoms. The summed E-state index contributed by atoms with van der Waals surface area (Å²) in [5.74, 6) is 1.78. The molecule has 0 amide bonds. The molecule has 4 atom stereocenters. The molecule has 3 aliphatic rings. The number of nitrogens with zero attached hydrogens (tertiary/aromatic N) is 3. The van der Waals surface area contributed by atoms with Crippen LogP contribution in [-0.2, 0) is 6.54 Å². The number of rotatable bonds is 8. The van der Waals surface area contributed by atoms with Crippen molar-refractivity contribution >= 4 is 28.8 Å². The first-order valence-electron chi connectivity index (χ1n) is 12.0. The smallest absolute Gasteiger partial charge is 0.288 e. The average Bonchev–Trinajstić information content (AvgIpc) is 2.80. The molecule has 7 nitrogen and oxygen atoms in total. The zero-order valence-electron chi connectivity index (χ0n) is 20.9. The first-order chi connectivity index (χ1) is 16.0. The van der Waals surface area contributed by atoms with Crippen molar-refractivity contribution in [2.45, 2.75) is 53.1 Å². The van der Waals surface area contributed by atoms with Crippen molar-refractivity contribution in [1.82, 2.24) is 9.78 Å². The van der Waals surface area contributed by atoms with Crippen LogP contribution < -0.4 is 20.5 Å². The number of hydrogen-bond donors (Lipinski definition) is 1. The lowest BCUT2D eigenvalue weighted by Gasteiger charge is -2.62. The number of nitrogens with one attached hydrogen (secondary N) is 1. The number of fused-ring (bicyclic) bond motifs is 2. The fraction of sp³-hybridized carbons (Fsp3) is 0.577. The molecule has 34 heavy (non-hydrogen) atoms. The molecule has 1 N–H and O–H groups in total. The molecule has 0 unspecified atom stereocenters. The van der Waals surface area contributed by atoms with Crippen LogP contribution in [0, 0.1) is 23.2 Å². The molecule has 2 bridgehead atoms. The quantitative estimate of drug-likeness (QED) is 0.544. The Hall–Kier alpha value is -2.54. The Morgan fingerprint density at radius 3 is 2.50 bits per heavy atom. The van der Waals surface area contributed by atoms with Gasteiger partial charge in [-0.2, -0.15) is 0 Å². The van der Waals surface area contributed by atoms with Crippen molar-refractivity contribution in [1.29, 1.82) is 0 Å². The summed E-state index contributed by atoms with van der Waals surface area (Å²) >= 11 is 6.56. The van der Waals surface area contributed by atoms with Gasteiger partial charge in [0, 0.05) is 31.4 Å². The highest BCUT2D eigenvalue weighted by Gasteiger charge is 2.56. The normalized spacial score (nSPS) is 24.8. The van der Waals surface area contributed by atoms with Gasteiger partial charge in [0.1, 0.15) is 17.3 Å². The number of Topliss-reactive ketones (excluding diaryl/α,β-unsaturated/α-hetero) is 1. The molecule has 3 fully saturated rings. The molecule has 3 saturated carbocycles. The van der Waals surface area contributed by atoms with Gasteiger partial charge in [-0.05, 0) is 67.2 Å². The third kappa shape index (κ3) is 4.30. The standard InChI is InChI=1S/C26H35ClN4O3/c1-7-34-24-23(28-20-13-17-12-19(15(20)2)26(17,3)4)22(27)25(33)31(29-24)14-21(32)16-8-10-18(11-9-16)30(5)6/h8-11,15,17,19-20,28H,7,12-14H2,1-6H3/t15-,17+,19+,20+/m0/s1. The van der Waals surface area contributed by atoms with Crippen LogP contribution in [-0.4, -0.2) is 42.3 Å². The van der Waals surface area contributed by atoms with E-state index in [1.807, 2.05) is 38.1 Å². The molecule has 0 saturated heterocycles. The Balaban J connectivity index is 1.58. The minimum absolute atomic E-state index is 0.0138. The van der Waals surface area contributed by atoms with Crippen LogP contribution >= 0.6 is 11.6 Å². The molecule has 3 aliphatic carbocycles. The van der Waals surface area contributed by atoms with E-state index in [-0.39, 0.29) is 29.3 Å². The van der Waals surface area contributed by atoms with E-state index in [2.05, 4.69) is 31.2 Å². The number of halogens is 1. The summed E-state index contributed by atoms with van der Waals surface area (Å²) in [6.45, 7) is 8.98. The topological polar surface area (TPSA) is 76.5 Å². The van der Waals surface area contributed by atoms with Crippen molar-refractivity contribution in [3.05, 3.63) is 45.2 Å². The molecule has 2 aromatic rings. The van der Waals surface area contributed by atoms with Gasteiger partial charge < -0.3 is 15.0 Å². The monoisotopic (exact) mass is 486 g/mol. The minimum Gasteiger partial charge on any atom is -0.475 e. The number of carbonyl (C=O) groups is 1. The highest BCUT2D eigenvalue weighted by atomic mass is 35.5. The number of carbonyl (C=O) groups excluding carboxylic acids is 1. The van der Waals surface area contributed by atoms with Crippen molar-refractivity contribution < 1.29 is 9.53 Å². The third-order valence-electron chi connectivity index (χ3n) is 8.03. The van der Waals surface area contributed by atoms with Crippen molar-refractivity contribution in [3.63, 3.8) is 0 Å². The maximum atomic E-state index is 13.1. The average molecular weight is 487 g/mol. The summed E-state index contributed by atoms with van der Waals surface area (Å²) in [5, 5.41) is 7.90. The second-order valence-electron chi connectivity index (χ2n) is 10.5. The summed E-state index contributed by atoms with van der Waals surface area (Å²) in [6.07, 6.45) is 2.28. The number of ether oxygens (including phenoxy) is 1. The van der Waals surface area contributed by atoms with Crippen LogP contribution in [0.25, 0.3) is 0 Å². The van der Waals surface area contributed by atoms with Gasteiger partial charge in [0.2, 0.25) is 0 Å². The van der Waals surface area contributed by atoms with Crippen molar-refractivity contribution in [2.75, 3.05) is 30.9 Å². The van der Waals surface area contributed by atoms with E-state index in [4.69, 9.17) is 16.3 Å². The van der Waals surface area contributed by atoms with Crippen LogP contribution in [0.5, 0.6) is 5.88 Å². The highest BCUT2D eigenvalue weighted by molar-refractivity contribution is 6.33. The van der Waals surface area contributed by atoms with Crippen LogP contribution in [0.3, 0.4) is 0 Å². The second-order valence-corrected chi connectivity index (χ2v) is 10.8. The Labute approximate surface area is 206 Å². The van der Waals surface area contributed by atoms with Crippen molar-refractivity contribution in [3.8, 4) is 5.88 Å². The van der Waals surface area contributed by atoms with Gasteiger partial charge in [-0.25, -0.2) is 4.68 Å². The van der Waals surface area contributed by atoms with Gasteiger partial charge in [0.15, 0.2) is 5.78 Å². The van der Waals surface area contributed by atoms with Gasteiger partial charge in [-0.3, -0.25) is 9.59 Å². The molecular weight excluding hydrogens is 452 g/mol. The van der Waals surface area contributed by atoms with Gasteiger partial charge in [0.05, 0.1) is 6.61 Å². The fourth-order valence-corrected chi connectivity index (χ4v) is 5.92. The van der Waals surface area contributed by atoms with Gasteiger partial charge >= 0.3 is 0 Å². The van der Waals surface area contributed by atoms with E-state index in [1.54, 1.807) is 12.1 Å². The number of hydrogen-bond acceptors (Lipinski definition) is 6. The number of anilines is 2. The van der Waals surface area contributed by atoms with E-state index in [9.17, 15) is 9.59 Å². The maximum Gasteiger partial charge on any atom is 0.288 e. The Kier molecular flexibility index (Phi) is 6.69. The van der Waals surface area contributed by atoms with E-state index in [0.29, 0.717) is 41.0 Å². The van der Waals surface area contributed by atoms with E-state index < -0.39 is 5.56 Å². The predicted molar refractivity (Wildman–Crippen MR) is 136 cm³/mol. The molecule has 0 aliphatic heterocycles. The van der Waals surface area contributed by atoms with Gasteiger partial charge in [-0.1, -0.05) is 32.4 Å². The van der Waals surface area contributed by atoms with Crippen LogP contribution in [0.2, 0.25) is 5.02 Å². The van der Waals surface area contributed by atoms with Gasteiger partial charge in [-0.15, -0.1) is 5.10 Å². The molecule has 8 heteroatoms. The lowest BCUT2D eigenvalue weighted by Crippen LogP contribution is -2.58. The molecule has 184 valence electrons. The number of ketones is 1. The van der Waals surface area contributed by atoms with E-state index >= 15 is 0 Å². The van der Waals surface area contributed by atoms with Crippen molar-refractivity contribution in [2.24, 2.45) is 23.2 Å². The van der Waals surface area contributed by atoms with Gasteiger partial charge in [0.25, 0.3) is 11.4 Å². The maximum absolute atomic E-state index is 13.1. The van der Waals surface area contributed by atoms with Crippen LogP contribution in [0.4, 0.5) is 11.4 Å². The molecule has 5 rings (SSSR count). The SMILES string of the molecule is CCOc1nn(CC(=O)c2ccc(N(C)C)cc2)c(=O)c(Cl)c1N[C@@H]1C[C@H]2C[C@H]([C@@H]1C)C2(C)C. The first kappa shape index (κ1) is 24.6. The summed E-state index contributed by atoms with van der Waals surface area (Å²) < 4.78 is 6.87. The predicted octanol–water partition coefficient (Wildman–Crippen LogP) is 4.73. The Morgan fingerprint density at radius 1 is 1.26 bits per heavy atom. The highest BCUT2D eigenvalue weighted by Crippen LogP contribution is 2.61. The number of aromatic nitrogens is 2. The zero-order chi connectivity index (χ0) is 24.8.